The summed E-state index contributed by atoms with van der Waals surface area (Å²) in [6.45, 7) is 4.53. The number of hydrogen-bond donors (Lipinski definition) is 0. The first-order valence-corrected chi connectivity index (χ1v) is 10.3. The first-order chi connectivity index (χ1) is 12.7. The van der Waals surface area contributed by atoms with Gasteiger partial charge in [0, 0.05) is 28.3 Å². The molecule has 2 aromatic rings. The molecule has 2 atom stereocenters. The number of para-hydroxylation sites is 2. The molecule has 0 radical (unpaired) electrons. The molecule has 0 saturated carbocycles. The molecule has 0 N–H and O–H groups in total. The van der Waals surface area contributed by atoms with Crippen molar-refractivity contribution in [1.29, 1.82) is 0 Å². The minimum Gasteiger partial charge on any atom is -0.313 e. The van der Waals surface area contributed by atoms with Gasteiger partial charge in [0.15, 0.2) is 0 Å². The molecule has 0 aliphatic carbocycles. The highest BCUT2D eigenvalue weighted by Crippen LogP contribution is 2.51. The highest BCUT2D eigenvalue weighted by atomic mass is 35.5. The van der Waals surface area contributed by atoms with Crippen molar-refractivity contribution in [3.63, 3.8) is 0 Å². The van der Waals surface area contributed by atoms with Gasteiger partial charge in [0.25, 0.3) is 0 Å². The van der Waals surface area contributed by atoms with E-state index >= 15 is 0 Å². The fourth-order valence-electron chi connectivity index (χ4n) is 4.15. The van der Waals surface area contributed by atoms with Crippen LogP contribution >= 0.6 is 24.2 Å². The number of nitrogens with zero attached hydrogens (tertiary/aromatic N) is 3. The molecule has 5 heteroatoms. The predicted octanol–water partition coefficient (Wildman–Crippen LogP) is 6.23. The molecule has 0 bridgehead atoms. The summed E-state index contributed by atoms with van der Waals surface area (Å²) in [6, 6.07) is 18.4. The van der Waals surface area contributed by atoms with E-state index in [-0.39, 0.29) is 12.4 Å². The van der Waals surface area contributed by atoms with E-state index in [1.165, 1.54) is 32.8 Å². The van der Waals surface area contributed by atoms with Gasteiger partial charge in [-0.2, -0.15) is 0 Å². The van der Waals surface area contributed by atoms with Crippen LogP contribution in [0.15, 0.2) is 75.2 Å². The minimum atomic E-state index is 0. The van der Waals surface area contributed by atoms with Gasteiger partial charge in [-0.15, -0.1) is 12.4 Å². The van der Waals surface area contributed by atoms with Crippen molar-refractivity contribution in [1.82, 2.24) is 4.90 Å². The minimum absolute atomic E-state index is 0. The molecule has 3 aliphatic heterocycles. The Hall–Kier alpha value is -1.91. The third-order valence-corrected chi connectivity index (χ3v) is 6.55. The van der Waals surface area contributed by atoms with E-state index < -0.39 is 0 Å². The number of amidine groups is 1. The summed E-state index contributed by atoms with van der Waals surface area (Å²) in [5, 5.41) is 0. The second-order valence-electron chi connectivity index (χ2n) is 7.32. The fourth-order valence-corrected chi connectivity index (χ4v) is 5.20. The maximum atomic E-state index is 4.95. The average Bonchev–Trinajstić information content (AvgIpc) is 3.25. The third-order valence-electron chi connectivity index (χ3n) is 5.42. The van der Waals surface area contributed by atoms with Gasteiger partial charge in [-0.3, -0.25) is 9.89 Å². The maximum absolute atomic E-state index is 4.95. The zero-order valence-corrected chi connectivity index (χ0v) is 17.3. The van der Waals surface area contributed by atoms with Crippen molar-refractivity contribution in [2.24, 2.45) is 4.99 Å². The molecule has 0 aromatic heterocycles. The third kappa shape index (κ3) is 3.05. The summed E-state index contributed by atoms with van der Waals surface area (Å²) in [5.74, 6) is 2.52. The van der Waals surface area contributed by atoms with Gasteiger partial charge in [-0.25, -0.2) is 0 Å². The highest BCUT2D eigenvalue weighted by molar-refractivity contribution is 7.99. The van der Waals surface area contributed by atoms with Crippen LogP contribution in [0.25, 0.3) is 0 Å². The molecular formula is C22H24ClN3S. The molecule has 0 saturated heterocycles. The van der Waals surface area contributed by atoms with Crippen LogP contribution in [-0.4, -0.2) is 22.8 Å². The average molecular weight is 398 g/mol. The van der Waals surface area contributed by atoms with E-state index in [2.05, 4.69) is 78.3 Å². The normalized spacial score (nSPS) is 23.3. The first kappa shape index (κ1) is 18.5. The Morgan fingerprint density at radius 1 is 0.963 bits per heavy atom. The number of hydrogen-bond acceptors (Lipinski definition) is 4. The van der Waals surface area contributed by atoms with Gasteiger partial charge in [0.2, 0.25) is 0 Å². The largest absolute Gasteiger partial charge is 0.313 e. The molecular weight excluding hydrogens is 374 g/mol. The lowest BCUT2D eigenvalue weighted by Crippen LogP contribution is -2.39. The van der Waals surface area contributed by atoms with Gasteiger partial charge in [0.1, 0.15) is 11.7 Å². The standard InChI is InChI=1S/C22H23N3S.ClH/c1-15-11-13-21(23-15)24-16(2)12-14-22(24)25-17-7-3-5-9-19(17)26-20-10-6-4-8-18(20)25;/h3-10,14-16H,11-13H2,1-2H3;1H. The Morgan fingerprint density at radius 3 is 2.19 bits per heavy atom. The molecule has 0 spiro atoms. The van der Waals surface area contributed by atoms with Crippen LogP contribution in [0.5, 0.6) is 0 Å². The van der Waals surface area contributed by atoms with Crippen molar-refractivity contribution in [3.05, 3.63) is 60.4 Å². The summed E-state index contributed by atoms with van der Waals surface area (Å²) in [4.78, 5) is 12.5. The molecule has 2 unspecified atom stereocenters. The summed E-state index contributed by atoms with van der Waals surface area (Å²) in [5.41, 5.74) is 2.54. The zero-order valence-electron chi connectivity index (χ0n) is 15.6. The van der Waals surface area contributed by atoms with Crippen molar-refractivity contribution < 1.29 is 0 Å². The predicted molar refractivity (Wildman–Crippen MR) is 117 cm³/mol. The molecule has 27 heavy (non-hydrogen) atoms. The quantitative estimate of drug-likeness (QED) is 0.568. The van der Waals surface area contributed by atoms with E-state index in [0.717, 1.165) is 19.3 Å². The zero-order chi connectivity index (χ0) is 17.7. The first-order valence-electron chi connectivity index (χ1n) is 9.44. The molecule has 2 aromatic carbocycles. The van der Waals surface area contributed by atoms with Crippen LogP contribution in [0.2, 0.25) is 0 Å². The Balaban J connectivity index is 0.00000180. The highest BCUT2D eigenvalue weighted by Gasteiger charge is 2.36. The Morgan fingerprint density at radius 2 is 1.59 bits per heavy atom. The SMILES string of the molecule is CC1CCC(N2C(N3c4ccccc4Sc4ccccc43)=CCC2C)=N1.Cl. The number of anilines is 2. The lowest BCUT2D eigenvalue weighted by atomic mass is 10.2. The van der Waals surface area contributed by atoms with Gasteiger partial charge in [-0.05, 0) is 57.0 Å². The van der Waals surface area contributed by atoms with Crippen molar-refractivity contribution >= 4 is 41.4 Å². The fraction of sp³-hybridized carbons (Fsp3) is 0.318. The molecule has 5 rings (SSSR count). The van der Waals surface area contributed by atoms with Crippen molar-refractivity contribution in [2.75, 3.05) is 4.90 Å². The second kappa shape index (κ2) is 7.25. The number of fused-ring (bicyclic) bond motifs is 2. The molecule has 0 fully saturated rings. The Bertz CT molecular complexity index is 878. The van der Waals surface area contributed by atoms with Crippen LogP contribution in [0.4, 0.5) is 11.4 Å². The van der Waals surface area contributed by atoms with Crippen molar-refractivity contribution in [2.45, 2.75) is 55.0 Å². The lowest BCUT2D eigenvalue weighted by Gasteiger charge is -2.39. The van der Waals surface area contributed by atoms with Crippen LogP contribution < -0.4 is 4.90 Å². The summed E-state index contributed by atoms with van der Waals surface area (Å²) >= 11 is 1.86. The molecule has 3 nitrogen and oxygen atoms in total. The van der Waals surface area contributed by atoms with Crippen LogP contribution in [0.3, 0.4) is 0 Å². The number of rotatable bonds is 1. The monoisotopic (exact) mass is 397 g/mol. The van der Waals surface area contributed by atoms with Crippen LogP contribution in [0, 0.1) is 0 Å². The van der Waals surface area contributed by atoms with Crippen LogP contribution in [-0.2, 0) is 0 Å². The Labute approximate surface area is 171 Å². The topological polar surface area (TPSA) is 18.8 Å². The van der Waals surface area contributed by atoms with E-state index in [9.17, 15) is 0 Å². The lowest BCUT2D eigenvalue weighted by molar-refractivity contribution is 0.425. The van der Waals surface area contributed by atoms with E-state index in [1.807, 2.05) is 11.8 Å². The molecule has 0 amide bonds. The summed E-state index contributed by atoms with van der Waals surface area (Å²) in [6.07, 6.45) is 5.69. The number of aliphatic imine (C=N–C) groups is 1. The molecule has 3 aliphatic rings. The number of benzene rings is 2. The van der Waals surface area contributed by atoms with E-state index in [1.54, 1.807) is 0 Å². The second-order valence-corrected chi connectivity index (χ2v) is 8.41. The number of halogens is 1. The maximum Gasteiger partial charge on any atom is 0.115 e. The van der Waals surface area contributed by atoms with Gasteiger partial charge >= 0.3 is 0 Å². The molecule has 3 heterocycles. The Kier molecular flexibility index (Phi) is 4.95. The van der Waals surface area contributed by atoms with E-state index in [0.29, 0.717) is 12.1 Å². The molecule has 140 valence electrons. The van der Waals surface area contributed by atoms with Crippen LogP contribution in [0.1, 0.15) is 33.1 Å². The van der Waals surface area contributed by atoms with Gasteiger partial charge in [0.05, 0.1) is 11.4 Å². The summed E-state index contributed by atoms with van der Waals surface area (Å²) < 4.78 is 0. The van der Waals surface area contributed by atoms with Gasteiger partial charge < -0.3 is 4.90 Å². The van der Waals surface area contributed by atoms with Crippen molar-refractivity contribution in [3.8, 4) is 0 Å². The van der Waals surface area contributed by atoms with Gasteiger partial charge in [-0.1, -0.05) is 36.0 Å². The summed E-state index contributed by atoms with van der Waals surface area (Å²) in [7, 11) is 0. The van der Waals surface area contributed by atoms with E-state index in [4.69, 9.17) is 4.99 Å². The smallest absolute Gasteiger partial charge is 0.115 e.